The summed E-state index contributed by atoms with van der Waals surface area (Å²) in [6.07, 6.45) is 0.571. The summed E-state index contributed by atoms with van der Waals surface area (Å²) in [6.45, 7) is 10.4. The van der Waals surface area contributed by atoms with Gasteiger partial charge in [0.15, 0.2) is 6.10 Å². The van der Waals surface area contributed by atoms with Crippen LogP contribution in [0.25, 0.3) is 0 Å². The standard InChI is InChI=1S/C18H24N4O4S/c1-9(2)22-14(7-8-19-22)21-16(24)11(4)26-18(25)15-10(3)12(5)27-17(15)20-13(6)23/h7-9,11H,1-6H3,(H,20,23)(H,21,24)/t11-/m1/s1. The number of nitrogens with one attached hydrogen (secondary N) is 2. The van der Waals surface area contributed by atoms with Gasteiger partial charge in [-0.05, 0) is 40.2 Å². The topological polar surface area (TPSA) is 102 Å². The highest BCUT2D eigenvalue weighted by molar-refractivity contribution is 7.16. The monoisotopic (exact) mass is 392 g/mol. The van der Waals surface area contributed by atoms with Gasteiger partial charge in [0.05, 0.1) is 11.8 Å². The van der Waals surface area contributed by atoms with Crippen molar-refractivity contribution in [3.05, 3.63) is 28.3 Å². The van der Waals surface area contributed by atoms with E-state index in [4.69, 9.17) is 4.74 Å². The van der Waals surface area contributed by atoms with Gasteiger partial charge >= 0.3 is 5.97 Å². The fraction of sp³-hybridized carbons (Fsp3) is 0.444. The molecule has 0 spiro atoms. The van der Waals surface area contributed by atoms with Crippen LogP contribution < -0.4 is 10.6 Å². The molecule has 2 aromatic heterocycles. The van der Waals surface area contributed by atoms with Crippen LogP contribution in [0.5, 0.6) is 0 Å². The van der Waals surface area contributed by atoms with Gasteiger partial charge in [0, 0.05) is 23.9 Å². The zero-order valence-corrected chi connectivity index (χ0v) is 17.1. The van der Waals surface area contributed by atoms with Crippen LogP contribution in [0, 0.1) is 13.8 Å². The van der Waals surface area contributed by atoms with Crippen molar-refractivity contribution < 1.29 is 19.1 Å². The molecule has 2 rings (SSSR count). The molecule has 2 heterocycles. The Hall–Kier alpha value is -2.68. The number of anilines is 2. The maximum absolute atomic E-state index is 12.6. The number of carbonyl (C=O) groups excluding carboxylic acids is 3. The molecule has 0 aliphatic rings. The SMILES string of the molecule is CC(=O)Nc1sc(C)c(C)c1C(=O)O[C@H](C)C(=O)Nc1ccnn1C(C)C. The molecule has 0 aliphatic carbocycles. The molecule has 146 valence electrons. The van der Waals surface area contributed by atoms with Crippen LogP contribution in [0.1, 0.15) is 54.5 Å². The molecule has 1 atom stereocenters. The van der Waals surface area contributed by atoms with Crippen LogP contribution in [0.15, 0.2) is 12.3 Å². The van der Waals surface area contributed by atoms with Crippen molar-refractivity contribution in [2.45, 2.75) is 53.7 Å². The number of nitrogens with zero attached hydrogens (tertiary/aromatic N) is 2. The largest absolute Gasteiger partial charge is 0.449 e. The predicted molar refractivity (Wildman–Crippen MR) is 104 cm³/mol. The molecule has 27 heavy (non-hydrogen) atoms. The second-order valence-electron chi connectivity index (χ2n) is 6.46. The van der Waals surface area contributed by atoms with Crippen molar-refractivity contribution in [2.75, 3.05) is 10.6 Å². The van der Waals surface area contributed by atoms with Gasteiger partial charge in [0.1, 0.15) is 10.8 Å². The van der Waals surface area contributed by atoms with Crippen LogP contribution in [0.2, 0.25) is 0 Å². The average Bonchev–Trinajstić information content (AvgIpc) is 3.12. The zero-order chi connectivity index (χ0) is 20.3. The van der Waals surface area contributed by atoms with Gasteiger partial charge < -0.3 is 15.4 Å². The summed E-state index contributed by atoms with van der Waals surface area (Å²) >= 11 is 1.30. The molecule has 0 saturated heterocycles. The van der Waals surface area contributed by atoms with Gasteiger partial charge in [0.2, 0.25) is 5.91 Å². The maximum atomic E-state index is 12.6. The van der Waals surface area contributed by atoms with Crippen molar-refractivity contribution in [3.63, 3.8) is 0 Å². The first-order valence-electron chi connectivity index (χ1n) is 8.54. The number of ether oxygens (including phenoxy) is 1. The van der Waals surface area contributed by atoms with Gasteiger partial charge in [0.25, 0.3) is 5.91 Å². The lowest BCUT2D eigenvalue weighted by atomic mass is 10.1. The second kappa shape index (κ2) is 8.34. The van der Waals surface area contributed by atoms with E-state index < -0.39 is 18.0 Å². The van der Waals surface area contributed by atoms with Crippen LogP contribution in [-0.2, 0) is 14.3 Å². The Labute approximate surface area is 161 Å². The average molecular weight is 392 g/mol. The quantitative estimate of drug-likeness (QED) is 0.735. The molecule has 2 N–H and O–H groups in total. The van der Waals surface area contributed by atoms with Gasteiger partial charge in [-0.15, -0.1) is 11.3 Å². The van der Waals surface area contributed by atoms with Gasteiger partial charge in [-0.2, -0.15) is 5.10 Å². The van der Waals surface area contributed by atoms with Crippen LogP contribution >= 0.6 is 11.3 Å². The summed E-state index contributed by atoms with van der Waals surface area (Å²) < 4.78 is 7.00. The summed E-state index contributed by atoms with van der Waals surface area (Å²) in [7, 11) is 0. The molecule has 0 unspecified atom stereocenters. The fourth-order valence-electron chi connectivity index (χ4n) is 2.45. The molecule has 0 fully saturated rings. The molecule has 8 nitrogen and oxygen atoms in total. The van der Waals surface area contributed by atoms with E-state index in [0.717, 1.165) is 10.4 Å². The van der Waals surface area contributed by atoms with E-state index in [1.807, 2.05) is 20.8 Å². The Balaban J connectivity index is 2.12. The highest BCUT2D eigenvalue weighted by Crippen LogP contribution is 2.33. The molecule has 0 bridgehead atoms. The van der Waals surface area contributed by atoms with Crippen LogP contribution in [0.4, 0.5) is 10.8 Å². The number of amides is 2. The normalized spacial score (nSPS) is 12.0. The van der Waals surface area contributed by atoms with Crippen LogP contribution in [0.3, 0.4) is 0 Å². The van der Waals surface area contributed by atoms with E-state index >= 15 is 0 Å². The summed E-state index contributed by atoms with van der Waals surface area (Å²) in [5.74, 6) is -0.866. The molecular weight excluding hydrogens is 368 g/mol. The van der Waals surface area contributed by atoms with E-state index in [1.165, 1.54) is 25.2 Å². The summed E-state index contributed by atoms with van der Waals surface area (Å²) in [6, 6.07) is 1.75. The summed E-state index contributed by atoms with van der Waals surface area (Å²) in [5, 5.41) is 9.92. The Bertz CT molecular complexity index is 869. The number of aryl methyl sites for hydroxylation is 1. The number of esters is 1. The number of carbonyl (C=O) groups is 3. The zero-order valence-electron chi connectivity index (χ0n) is 16.2. The Morgan fingerprint density at radius 2 is 1.85 bits per heavy atom. The van der Waals surface area contributed by atoms with Crippen LogP contribution in [-0.4, -0.2) is 33.7 Å². The lowest BCUT2D eigenvalue weighted by molar-refractivity contribution is -0.123. The van der Waals surface area contributed by atoms with Gasteiger partial charge in [-0.1, -0.05) is 0 Å². The lowest BCUT2D eigenvalue weighted by Gasteiger charge is -2.16. The second-order valence-corrected chi connectivity index (χ2v) is 7.68. The molecule has 9 heteroatoms. The third-order valence-corrected chi connectivity index (χ3v) is 5.07. The third kappa shape index (κ3) is 4.73. The predicted octanol–water partition coefficient (Wildman–Crippen LogP) is 3.28. The third-order valence-electron chi connectivity index (χ3n) is 3.94. The minimum Gasteiger partial charge on any atom is -0.449 e. The minimum atomic E-state index is -1.02. The minimum absolute atomic E-state index is 0.0739. The Morgan fingerprint density at radius 3 is 2.44 bits per heavy atom. The molecule has 0 radical (unpaired) electrons. The highest BCUT2D eigenvalue weighted by atomic mass is 32.1. The Morgan fingerprint density at radius 1 is 1.19 bits per heavy atom. The van der Waals surface area contributed by atoms with Crippen molar-refractivity contribution >= 4 is 39.9 Å². The first-order chi connectivity index (χ1) is 12.6. The molecular formula is C18H24N4O4S. The first kappa shape index (κ1) is 20.6. The Kier molecular flexibility index (Phi) is 6.37. The molecule has 2 amide bonds. The molecule has 0 aromatic carbocycles. The molecule has 2 aromatic rings. The number of hydrogen-bond donors (Lipinski definition) is 2. The number of thiophene rings is 1. The number of aromatic nitrogens is 2. The number of hydrogen-bond acceptors (Lipinski definition) is 6. The molecule has 0 saturated carbocycles. The van der Waals surface area contributed by atoms with E-state index in [9.17, 15) is 14.4 Å². The van der Waals surface area contributed by atoms with Crippen molar-refractivity contribution in [2.24, 2.45) is 0 Å². The summed E-state index contributed by atoms with van der Waals surface area (Å²) in [4.78, 5) is 37.3. The van der Waals surface area contributed by atoms with Crippen molar-refractivity contribution in [3.8, 4) is 0 Å². The van der Waals surface area contributed by atoms with Gasteiger partial charge in [-0.3, -0.25) is 9.59 Å². The first-order valence-corrected chi connectivity index (χ1v) is 9.36. The number of rotatable bonds is 6. The van der Waals surface area contributed by atoms with E-state index in [0.29, 0.717) is 10.8 Å². The van der Waals surface area contributed by atoms with E-state index in [2.05, 4.69) is 15.7 Å². The highest BCUT2D eigenvalue weighted by Gasteiger charge is 2.26. The van der Waals surface area contributed by atoms with E-state index in [-0.39, 0.29) is 17.5 Å². The fourth-order valence-corrected chi connectivity index (χ4v) is 3.54. The molecule has 0 aliphatic heterocycles. The van der Waals surface area contributed by atoms with Crippen molar-refractivity contribution in [1.29, 1.82) is 0 Å². The lowest BCUT2D eigenvalue weighted by Crippen LogP contribution is -2.31. The van der Waals surface area contributed by atoms with Crippen molar-refractivity contribution in [1.82, 2.24) is 9.78 Å². The van der Waals surface area contributed by atoms with E-state index in [1.54, 1.807) is 23.9 Å². The summed E-state index contributed by atoms with van der Waals surface area (Å²) in [5.41, 5.74) is 0.999. The maximum Gasteiger partial charge on any atom is 0.342 e. The smallest absolute Gasteiger partial charge is 0.342 e. The van der Waals surface area contributed by atoms with Gasteiger partial charge in [-0.25, -0.2) is 9.48 Å².